The quantitative estimate of drug-likeness (QED) is 0.502. The molecule has 5 aliphatic rings. The second-order valence-electron chi connectivity index (χ2n) is 14.0. The number of carbonyl (C=O) groups excluding carboxylic acids is 2. The van der Waals surface area contributed by atoms with Crippen LogP contribution in [-0.4, -0.2) is 50.2 Å². The second-order valence-corrected chi connectivity index (χ2v) is 16.0. The number of benzene rings is 1. The normalized spacial score (nSPS) is 32.1. The maximum atomic E-state index is 13.6. The number of piperidine rings is 1. The van der Waals surface area contributed by atoms with Gasteiger partial charge in [-0.05, 0) is 103 Å². The molecule has 0 unspecified atom stereocenters. The van der Waals surface area contributed by atoms with Crippen molar-refractivity contribution < 1.29 is 18.0 Å². The summed E-state index contributed by atoms with van der Waals surface area (Å²) in [6, 6.07) is 6.11. The van der Waals surface area contributed by atoms with Gasteiger partial charge in [-0.2, -0.15) is 4.31 Å². The van der Waals surface area contributed by atoms with E-state index in [2.05, 4.69) is 17.2 Å². The zero-order valence-electron chi connectivity index (χ0n) is 23.3. The topological polar surface area (TPSA) is 95.6 Å². The lowest BCUT2D eigenvalue weighted by atomic mass is 9.49. The van der Waals surface area contributed by atoms with Crippen molar-refractivity contribution in [1.82, 2.24) is 14.9 Å². The van der Waals surface area contributed by atoms with E-state index in [1.54, 1.807) is 24.3 Å². The molecule has 1 aromatic carbocycles. The molecule has 1 heterocycles. The zero-order valence-corrected chi connectivity index (χ0v) is 24.1. The van der Waals surface area contributed by atoms with Gasteiger partial charge in [0.15, 0.2) is 0 Å². The van der Waals surface area contributed by atoms with Crippen LogP contribution in [0.4, 0.5) is 0 Å². The number of hydrogen-bond donors (Lipinski definition) is 2. The van der Waals surface area contributed by atoms with E-state index < -0.39 is 20.9 Å². The number of nitrogens with zero attached hydrogens (tertiary/aromatic N) is 1. The fourth-order valence-corrected chi connectivity index (χ4v) is 10.6. The standard InChI is InChI=1S/C30H43N3O4S/c1-6-25(34)32-27-28(2,3)18-33(19-29(27,4)5)38(36,37)24-9-7-23(8-10-24)26(35)31-17-30-14-20-11-21(15-30)13-22(12-20)16-30/h6-10,20-22,27H,1,11-19H2,2-5H3,(H,31,35)(H,32,34). The van der Waals surface area contributed by atoms with Crippen molar-refractivity contribution in [2.24, 2.45) is 34.0 Å². The van der Waals surface area contributed by atoms with E-state index in [0.29, 0.717) is 5.56 Å². The first-order chi connectivity index (χ1) is 17.7. The Balaban J connectivity index is 1.25. The fraction of sp³-hybridized carbons (Fsp3) is 0.667. The Bertz CT molecular complexity index is 1170. The monoisotopic (exact) mass is 541 g/mol. The first-order valence-corrected chi connectivity index (χ1v) is 15.5. The predicted octanol–water partition coefficient (Wildman–Crippen LogP) is 4.36. The zero-order chi connectivity index (χ0) is 27.5. The van der Waals surface area contributed by atoms with Gasteiger partial charge in [0.05, 0.1) is 4.90 Å². The van der Waals surface area contributed by atoms with Gasteiger partial charge >= 0.3 is 0 Å². The molecule has 208 valence electrons. The maximum absolute atomic E-state index is 13.6. The molecule has 0 radical (unpaired) electrons. The summed E-state index contributed by atoms with van der Waals surface area (Å²) >= 11 is 0. The van der Waals surface area contributed by atoms with Crippen molar-refractivity contribution >= 4 is 21.8 Å². The van der Waals surface area contributed by atoms with Crippen molar-refractivity contribution in [3.8, 4) is 0 Å². The van der Waals surface area contributed by atoms with Crippen LogP contribution in [0.2, 0.25) is 0 Å². The molecule has 7 nitrogen and oxygen atoms in total. The van der Waals surface area contributed by atoms with Gasteiger partial charge < -0.3 is 10.6 Å². The average Bonchev–Trinajstić information content (AvgIpc) is 2.83. The highest BCUT2D eigenvalue weighted by Gasteiger charge is 2.51. The van der Waals surface area contributed by atoms with Crippen molar-refractivity contribution in [3.05, 3.63) is 42.5 Å². The van der Waals surface area contributed by atoms with E-state index in [9.17, 15) is 18.0 Å². The lowest BCUT2D eigenvalue weighted by molar-refractivity contribution is -0.120. The van der Waals surface area contributed by atoms with Crippen LogP contribution in [-0.2, 0) is 14.8 Å². The predicted molar refractivity (Wildman–Crippen MR) is 148 cm³/mol. The molecule has 6 rings (SSSR count). The smallest absolute Gasteiger partial charge is 0.251 e. The molecule has 5 fully saturated rings. The second kappa shape index (κ2) is 9.47. The molecular formula is C30H43N3O4S. The van der Waals surface area contributed by atoms with Crippen LogP contribution in [0.5, 0.6) is 0 Å². The lowest BCUT2D eigenvalue weighted by Gasteiger charge is -2.56. The van der Waals surface area contributed by atoms with Gasteiger partial charge in [-0.25, -0.2) is 8.42 Å². The van der Waals surface area contributed by atoms with Crippen molar-refractivity contribution in [1.29, 1.82) is 0 Å². The summed E-state index contributed by atoms with van der Waals surface area (Å²) in [5.74, 6) is 2.11. The number of hydrogen-bond acceptors (Lipinski definition) is 4. The van der Waals surface area contributed by atoms with Crippen LogP contribution in [0.15, 0.2) is 41.8 Å². The number of rotatable bonds is 7. The molecule has 1 aromatic rings. The summed E-state index contributed by atoms with van der Waals surface area (Å²) < 4.78 is 28.8. The maximum Gasteiger partial charge on any atom is 0.251 e. The Hall–Kier alpha value is -2.19. The third-order valence-corrected chi connectivity index (χ3v) is 11.6. The van der Waals surface area contributed by atoms with Gasteiger partial charge in [0.1, 0.15) is 0 Å². The van der Waals surface area contributed by atoms with Crippen molar-refractivity contribution in [2.45, 2.75) is 77.2 Å². The lowest BCUT2D eigenvalue weighted by Crippen LogP contribution is -2.64. The third-order valence-electron chi connectivity index (χ3n) is 9.75. The first-order valence-electron chi connectivity index (χ1n) is 14.0. The Morgan fingerprint density at radius 3 is 1.92 bits per heavy atom. The molecular weight excluding hydrogens is 498 g/mol. The molecule has 0 atom stereocenters. The van der Waals surface area contributed by atoms with Gasteiger partial charge in [0.25, 0.3) is 5.91 Å². The Morgan fingerprint density at radius 1 is 0.947 bits per heavy atom. The van der Waals surface area contributed by atoms with E-state index in [1.165, 1.54) is 48.9 Å². The Labute approximate surface area is 227 Å². The van der Waals surface area contributed by atoms with Crippen molar-refractivity contribution in [3.63, 3.8) is 0 Å². The van der Waals surface area contributed by atoms with E-state index in [4.69, 9.17) is 0 Å². The molecule has 4 bridgehead atoms. The van der Waals surface area contributed by atoms with Gasteiger partial charge in [0.2, 0.25) is 15.9 Å². The van der Waals surface area contributed by atoms with Crippen LogP contribution in [0, 0.1) is 34.0 Å². The summed E-state index contributed by atoms with van der Waals surface area (Å²) in [4.78, 5) is 25.2. The van der Waals surface area contributed by atoms with Crippen LogP contribution < -0.4 is 10.6 Å². The highest BCUT2D eigenvalue weighted by molar-refractivity contribution is 7.89. The van der Waals surface area contributed by atoms with Gasteiger partial charge in [-0.3, -0.25) is 9.59 Å². The molecule has 1 saturated heterocycles. The summed E-state index contributed by atoms with van der Waals surface area (Å²) in [6.45, 7) is 12.7. The number of sulfonamides is 1. The average molecular weight is 542 g/mol. The summed E-state index contributed by atoms with van der Waals surface area (Å²) in [5.41, 5.74) is -0.250. The Kier molecular flexibility index (Phi) is 6.83. The summed E-state index contributed by atoms with van der Waals surface area (Å²) in [6.07, 6.45) is 9.07. The summed E-state index contributed by atoms with van der Waals surface area (Å²) in [7, 11) is -3.78. The van der Waals surface area contributed by atoms with E-state index in [-0.39, 0.29) is 41.3 Å². The highest BCUT2D eigenvalue weighted by atomic mass is 32.2. The molecule has 4 saturated carbocycles. The number of nitrogens with one attached hydrogen (secondary N) is 2. The minimum atomic E-state index is -3.78. The fourth-order valence-electron chi connectivity index (χ4n) is 8.77. The third kappa shape index (κ3) is 5.06. The van der Waals surface area contributed by atoms with E-state index >= 15 is 0 Å². The molecule has 0 spiro atoms. The SMILES string of the molecule is C=CC(=O)NC1C(C)(C)CN(S(=O)(=O)c2ccc(C(=O)NCC34CC5CC(CC(C5)C3)C4)cc2)CC1(C)C. The highest BCUT2D eigenvalue weighted by Crippen LogP contribution is 2.59. The van der Waals surface area contributed by atoms with Crippen LogP contribution >= 0.6 is 0 Å². The van der Waals surface area contributed by atoms with Crippen molar-refractivity contribution in [2.75, 3.05) is 19.6 Å². The summed E-state index contributed by atoms with van der Waals surface area (Å²) in [5, 5.41) is 6.19. The van der Waals surface area contributed by atoms with Crippen LogP contribution in [0.3, 0.4) is 0 Å². The molecule has 4 aliphatic carbocycles. The van der Waals surface area contributed by atoms with Crippen LogP contribution in [0.1, 0.15) is 76.6 Å². The minimum Gasteiger partial charge on any atom is -0.351 e. The minimum absolute atomic E-state index is 0.134. The van der Waals surface area contributed by atoms with Gasteiger partial charge in [0, 0.05) is 31.2 Å². The molecule has 0 aromatic heterocycles. The van der Waals surface area contributed by atoms with Gasteiger partial charge in [-0.15, -0.1) is 0 Å². The molecule has 2 amide bonds. The van der Waals surface area contributed by atoms with Gasteiger partial charge in [-0.1, -0.05) is 34.3 Å². The molecule has 2 N–H and O–H groups in total. The Morgan fingerprint density at radius 2 is 1.45 bits per heavy atom. The number of amides is 2. The molecule has 8 heteroatoms. The molecule has 38 heavy (non-hydrogen) atoms. The van der Waals surface area contributed by atoms with E-state index in [0.717, 1.165) is 24.3 Å². The number of carbonyl (C=O) groups is 2. The first kappa shape index (κ1) is 27.4. The van der Waals surface area contributed by atoms with Crippen LogP contribution in [0.25, 0.3) is 0 Å². The van der Waals surface area contributed by atoms with E-state index in [1.807, 2.05) is 27.7 Å². The largest absolute Gasteiger partial charge is 0.351 e. The molecule has 1 aliphatic heterocycles.